The van der Waals surface area contributed by atoms with E-state index in [1.807, 2.05) is 133 Å². The second kappa shape index (κ2) is 14.3. The summed E-state index contributed by atoms with van der Waals surface area (Å²) in [6, 6.07) is 38.3. The van der Waals surface area contributed by atoms with Crippen LogP contribution in [0.1, 0.15) is 54.3 Å². The highest BCUT2D eigenvalue weighted by atomic mass is 32.1. The van der Waals surface area contributed by atoms with Crippen LogP contribution in [-0.2, 0) is 37.7 Å². The molecule has 0 bridgehead atoms. The van der Waals surface area contributed by atoms with Crippen molar-refractivity contribution in [2.45, 2.75) is 18.6 Å². The fourth-order valence-electron chi connectivity index (χ4n) is 7.28. The van der Waals surface area contributed by atoms with Crippen LogP contribution in [0.2, 0.25) is 0 Å². The number of allylic oxidation sites excluding steroid dienone is 2. The molecule has 3 aliphatic rings. The smallest absolute Gasteiger partial charge is 0.333 e. The number of fused-ring (bicyclic) bond motifs is 5. The first-order valence-electron chi connectivity index (χ1n) is 17.3. The Bertz CT molecular complexity index is 2450. The van der Waals surface area contributed by atoms with Gasteiger partial charge in [0.05, 0.1) is 29.2 Å². The summed E-state index contributed by atoms with van der Waals surface area (Å²) in [5.41, 5.74) is 5.87. The van der Waals surface area contributed by atoms with Crippen molar-refractivity contribution in [1.29, 1.82) is 0 Å². The van der Waals surface area contributed by atoms with Crippen molar-refractivity contribution >= 4 is 115 Å². The quantitative estimate of drug-likeness (QED) is 0.0651. The van der Waals surface area contributed by atoms with Gasteiger partial charge < -0.3 is 9.47 Å². The molecule has 0 N–H and O–H groups in total. The van der Waals surface area contributed by atoms with E-state index in [2.05, 4.69) is 0 Å². The number of esters is 2. The van der Waals surface area contributed by atoms with Crippen LogP contribution < -0.4 is 0 Å². The van der Waals surface area contributed by atoms with Gasteiger partial charge >= 0.3 is 11.9 Å². The van der Waals surface area contributed by atoms with Crippen LogP contribution in [0.15, 0.2) is 132 Å². The molecule has 2 heterocycles. The lowest BCUT2D eigenvalue weighted by atomic mass is 9.79. The number of hydrogen-bond acceptors (Lipinski definition) is 10. The van der Waals surface area contributed by atoms with Crippen LogP contribution in [0.3, 0.4) is 0 Å². The Balaban J connectivity index is 1.20. The van der Waals surface area contributed by atoms with Gasteiger partial charge in [0.25, 0.3) is 0 Å². The Morgan fingerprint density at radius 3 is 1.18 bits per heavy atom. The largest absolute Gasteiger partial charge is 0.459 e. The summed E-state index contributed by atoms with van der Waals surface area (Å²) in [5.74, 6) is -1.44. The molecular weight excluding hydrogens is 797 g/mol. The third-order valence-corrected chi connectivity index (χ3v) is 14.0. The number of benzene rings is 4. The molecule has 0 radical (unpaired) electrons. The third kappa shape index (κ3) is 5.96. The Morgan fingerprint density at radius 2 is 0.836 bits per heavy atom. The number of hydrogen-bond donors (Lipinski definition) is 0. The molecule has 0 fully saturated rings. The zero-order valence-electron chi connectivity index (χ0n) is 28.7. The molecule has 4 aromatic carbocycles. The van der Waals surface area contributed by atoms with E-state index in [1.54, 1.807) is 0 Å². The van der Waals surface area contributed by atoms with Gasteiger partial charge in [0.2, 0.25) is 5.41 Å². The van der Waals surface area contributed by atoms with E-state index in [1.165, 1.54) is 22.7 Å². The summed E-state index contributed by atoms with van der Waals surface area (Å²) in [6.07, 6.45) is 3.93. The van der Waals surface area contributed by atoms with Gasteiger partial charge in [-0.15, -0.1) is 22.7 Å². The monoisotopic (exact) mass is 822 g/mol. The molecule has 4 nitrogen and oxygen atoms in total. The van der Waals surface area contributed by atoms with Crippen molar-refractivity contribution in [3.63, 3.8) is 0 Å². The van der Waals surface area contributed by atoms with Gasteiger partial charge in [0, 0.05) is 54.3 Å². The summed E-state index contributed by atoms with van der Waals surface area (Å²) in [7, 11) is 0. The number of thiocarbonyl (C=S) groups is 4. The van der Waals surface area contributed by atoms with Crippen molar-refractivity contribution in [3.05, 3.63) is 187 Å². The van der Waals surface area contributed by atoms with E-state index in [0.29, 0.717) is 30.6 Å². The maximum absolute atomic E-state index is 14.9. The maximum Gasteiger partial charge on any atom is 0.333 e. The van der Waals surface area contributed by atoms with Crippen LogP contribution in [0.5, 0.6) is 0 Å². The number of carbonyl (C=O) groups is 2. The number of carbonyl (C=O) groups excluding carboxylic acids is 2. The zero-order chi connectivity index (χ0) is 37.8. The van der Waals surface area contributed by atoms with E-state index < -0.39 is 17.4 Å². The summed E-state index contributed by atoms with van der Waals surface area (Å²) in [4.78, 5) is 35.6. The van der Waals surface area contributed by atoms with E-state index in [9.17, 15) is 9.59 Å². The minimum Gasteiger partial charge on any atom is -0.459 e. The topological polar surface area (TPSA) is 52.6 Å². The molecule has 55 heavy (non-hydrogen) atoms. The molecule has 266 valence electrons. The molecule has 0 saturated carbocycles. The molecule has 0 aliphatic heterocycles. The first-order valence-corrected chi connectivity index (χ1v) is 20.5. The van der Waals surface area contributed by atoms with Crippen molar-refractivity contribution in [2.75, 3.05) is 0 Å². The second-order valence-corrected chi connectivity index (χ2v) is 17.0. The Labute approximate surface area is 346 Å². The Morgan fingerprint density at radius 1 is 0.509 bits per heavy atom. The van der Waals surface area contributed by atoms with E-state index in [0.717, 1.165) is 64.0 Å². The van der Waals surface area contributed by atoms with Gasteiger partial charge in [-0.05, 0) is 35.4 Å². The molecule has 2 aromatic heterocycles. The average molecular weight is 823 g/mol. The number of ether oxygens (including phenoxy) is 2. The minimum absolute atomic E-state index is 0.0260. The van der Waals surface area contributed by atoms with Crippen LogP contribution in [0.25, 0.3) is 21.9 Å². The Kier molecular flexibility index (Phi) is 9.28. The molecule has 10 heteroatoms. The highest BCUT2D eigenvalue weighted by molar-refractivity contribution is 7.84. The first-order chi connectivity index (χ1) is 26.8. The Hall–Kier alpha value is -4.94. The SMILES string of the molecule is O=C(OCc1ccccc1)C1(C(=O)OCc2ccccc2)c2cc(C=C3C(=S)c4ccccc4C3=S)sc2-c2sc(C=C3C(=S)c4ccccc4C3=S)cc21. The predicted molar refractivity (Wildman–Crippen MR) is 237 cm³/mol. The fourth-order valence-corrected chi connectivity index (χ4v) is 11.2. The second-order valence-electron chi connectivity index (χ2n) is 13.2. The van der Waals surface area contributed by atoms with E-state index >= 15 is 0 Å². The fraction of sp³-hybridized carbons (Fsp3) is 0.0667. The van der Waals surface area contributed by atoms with Gasteiger partial charge in [-0.3, -0.25) is 9.59 Å². The molecule has 3 aliphatic carbocycles. The summed E-state index contributed by atoms with van der Waals surface area (Å²) >= 11 is 26.5. The van der Waals surface area contributed by atoms with Crippen molar-refractivity contribution in [3.8, 4) is 9.75 Å². The zero-order valence-corrected chi connectivity index (χ0v) is 33.6. The third-order valence-electron chi connectivity index (χ3n) is 9.94. The lowest BCUT2D eigenvalue weighted by Gasteiger charge is -2.26. The van der Waals surface area contributed by atoms with Gasteiger partial charge in [-0.2, -0.15) is 0 Å². The lowest BCUT2D eigenvalue weighted by molar-refractivity contribution is -0.164. The lowest BCUT2D eigenvalue weighted by Crippen LogP contribution is -2.45. The first kappa shape index (κ1) is 35.7. The molecule has 9 rings (SSSR count). The van der Waals surface area contributed by atoms with Crippen LogP contribution in [0.4, 0.5) is 0 Å². The molecule has 0 atom stereocenters. The molecule has 0 amide bonds. The highest BCUT2D eigenvalue weighted by Gasteiger charge is 2.60. The molecule has 0 unspecified atom stereocenters. The molecule has 6 aromatic rings. The van der Waals surface area contributed by atoms with Crippen molar-refractivity contribution in [2.24, 2.45) is 0 Å². The summed E-state index contributed by atoms with van der Waals surface area (Å²) in [6.45, 7) is -0.0521. The van der Waals surface area contributed by atoms with Crippen LogP contribution in [-0.4, -0.2) is 31.4 Å². The standard InChI is InChI=1S/C45H26O4S6/c46-43(48-23-25-11-3-1-4-12-25)45(44(47)49-24-26-13-5-2-6-14-26)35-21-27(19-33-37(50)29-15-7-8-16-30(29)38(33)51)54-41(35)42-36(45)22-28(55-42)20-34-39(52)31-17-9-10-18-32(31)40(34)53/h1-22H,23-24H2. The van der Waals surface area contributed by atoms with Crippen molar-refractivity contribution < 1.29 is 19.1 Å². The molecule has 0 saturated heterocycles. The van der Waals surface area contributed by atoms with Gasteiger partial charge in [0.1, 0.15) is 13.2 Å². The summed E-state index contributed by atoms with van der Waals surface area (Å²) in [5, 5.41) is 0. The number of thiophene rings is 2. The van der Waals surface area contributed by atoms with Gasteiger partial charge in [-0.1, -0.05) is 158 Å². The predicted octanol–water partition coefficient (Wildman–Crippen LogP) is 10.6. The summed E-state index contributed by atoms with van der Waals surface area (Å²) < 4.78 is 12.2. The van der Waals surface area contributed by atoms with Crippen LogP contribution in [0, 0.1) is 0 Å². The minimum atomic E-state index is -1.92. The van der Waals surface area contributed by atoms with Crippen molar-refractivity contribution in [1.82, 2.24) is 0 Å². The van der Waals surface area contributed by atoms with E-state index in [-0.39, 0.29) is 13.2 Å². The molecular formula is C45H26O4S6. The average Bonchev–Trinajstić information content (AvgIpc) is 3.99. The normalized spacial score (nSPS) is 14.7. The van der Waals surface area contributed by atoms with Gasteiger partial charge in [0.15, 0.2) is 0 Å². The maximum atomic E-state index is 14.9. The van der Waals surface area contributed by atoms with Gasteiger partial charge in [-0.25, -0.2) is 0 Å². The number of rotatable bonds is 8. The van der Waals surface area contributed by atoms with E-state index in [4.69, 9.17) is 58.3 Å². The molecule has 0 spiro atoms. The highest BCUT2D eigenvalue weighted by Crippen LogP contribution is 2.58. The van der Waals surface area contributed by atoms with Crippen LogP contribution >= 0.6 is 71.5 Å².